The van der Waals surface area contributed by atoms with E-state index in [2.05, 4.69) is 10.2 Å². The van der Waals surface area contributed by atoms with Gasteiger partial charge in [-0.3, -0.25) is 14.5 Å². The van der Waals surface area contributed by atoms with E-state index in [1.54, 1.807) is 0 Å². The first kappa shape index (κ1) is 11.9. The molecule has 5 nitrogen and oxygen atoms in total. The quantitative estimate of drug-likeness (QED) is 0.849. The van der Waals surface area contributed by atoms with E-state index in [-0.39, 0.29) is 5.91 Å². The molecule has 2 aliphatic rings. The highest BCUT2D eigenvalue weighted by Crippen LogP contribution is 2.38. The molecule has 1 aliphatic carbocycles. The van der Waals surface area contributed by atoms with Gasteiger partial charge in [-0.25, -0.2) is 0 Å². The molecule has 1 amide bonds. The summed E-state index contributed by atoms with van der Waals surface area (Å²) in [5.41, 5.74) is 0. The fourth-order valence-electron chi connectivity index (χ4n) is 2.51. The Bertz CT molecular complexity index is 496. The minimum atomic E-state index is 0.175. The van der Waals surface area contributed by atoms with Crippen molar-refractivity contribution < 1.29 is 4.79 Å². The molecule has 0 spiro atoms. The minimum Gasteiger partial charge on any atom is -0.341 e. The largest absolute Gasteiger partial charge is 0.341 e. The molecule has 18 heavy (non-hydrogen) atoms. The molecule has 1 aromatic rings. The van der Waals surface area contributed by atoms with Crippen LogP contribution in [0.1, 0.15) is 43.8 Å². The monoisotopic (exact) mass is 266 g/mol. The molecular formula is C12H18N4OS. The summed E-state index contributed by atoms with van der Waals surface area (Å²) in [6.07, 6.45) is 5.81. The van der Waals surface area contributed by atoms with E-state index in [1.807, 2.05) is 9.47 Å². The van der Waals surface area contributed by atoms with E-state index < -0.39 is 0 Å². The summed E-state index contributed by atoms with van der Waals surface area (Å²) in [5.74, 6) is 1.64. The molecule has 2 fully saturated rings. The average Bonchev–Trinajstić information content (AvgIpc) is 3.17. The highest BCUT2D eigenvalue weighted by Gasteiger charge is 2.30. The summed E-state index contributed by atoms with van der Waals surface area (Å²) in [5, 5.41) is 7.06. The van der Waals surface area contributed by atoms with Crippen LogP contribution in [-0.2, 0) is 11.3 Å². The molecule has 0 unspecified atom stereocenters. The van der Waals surface area contributed by atoms with Gasteiger partial charge in [-0.1, -0.05) is 0 Å². The van der Waals surface area contributed by atoms with E-state index in [4.69, 9.17) is 12.2 Å². The third-order valence-corrected chi connectivity index (χ3v) is 4.04. The van der Waals surface area contributed by atoms with E-state index in [9.17, 15) is 4.79 Å². The first-order valence-corrected chi connectivity index (χ1v) is 7.09. The van der Waals surface area contributed by atoms with Gasteiger partial charge in [0.2, 0.25) is 5.91 Å². The number of rotatable bonds is 3. The Labute approximate surface area is 111 Å². The first-order valence-electron chi connectivity index (χ1n) is 6.68. The number of aromatic amines is 1. The lowest BCUT2D eigenvalue weighted by atomic mass is 10.1. The zero-order valence-corrected chi connectivity index (χ0v) is 11.2. The Morgan fingerprint density at radius 3 is 2.72 bits per heavy atom. The van der Waals surface area contributed by atoms with Crippen LogP contribution in [0.5, 0.6) is 0 Å². The van der Waals surface area contributed by atoms with Gasteiger partial charge in [-0.05, 0) is 44.3 Å². The van der Waals surface area contributed by atoms with Gasteiger partial charge in [-0.2, -0.15) is 5.10 Å². The van der Waals surface area contributed by atoms with Crippen molar-refractivity contribution in [3.63, 3.8) is 0 Å². The van der Waals surface area contributed by atoms with Crippen molar-refractivity contribution in [3.05, 3.63) is 10.6 Å². The minimum absolute atomic E-state index is 0.175. The number of piperidine rings is 1. The van der Waals surface area contributed by atoms with Crippen LogP contribution in [0, 0.1) is 4.77 Å². The van der Waals surface area contributed by atoms with Gasteiger partial charge >= 0.3 is 0 Å². The average molecular weight is 266 g/mol. The van der Waals surface area contributed by atoms with Crippen molar-refractivity contribution in [1.29, 1.82) is 0 Å². The van der Waals surface area contributed by atoms with Gasteiger partial charge in [0.05, 0.1) is 0 Å². The van der Waals surface area contributed by atoms with E-state index in [0.717, 1.165) is 44.6 Å². The summed E-state index contributed by atoms with van der Waals surface area (Å²) in [6, 6.07) is 0. The molecule has 0 bridgehead atoms. The molecule has 1 N–H and O–H groups in total. The summed E-state index contributed by atoms with van der Waals surface area (Å²) >= 11 is 5.21. The van der Waals surface area contributed by atoms with Gasteiger partial charge in [0.1, 0.15) is 12.4 Å². The second kappa shape index (κ2) is 4.84. The van der Waals surface area contributed by atoms with Crippen LogP contribution in [0.2, 0.25) is 0 Å². The third-order valence-electron chi connectivity index (χ3n) is 3.73. The molecular weight excluding hydrogens is 248 g/mol. The molecule has 1 aromatic heterocycles. The van der Waals surface area contributed by atoms with Gasteiger partial charge in [0, 0.05) is 19.0 Å². The third kappa shape index (κ3) is 2.34. The number of carbonyl (C=O) groups is 1. The second-order valence-electron chi connectivity index (χ2n) is 5.19. The fourth-order valence-corrected chi connectivity index (χ4v) is 2.72. The Balaban J connectivity index is 1.73. The summed E-state index contributed by atoms with van der Waals surface area (Å²) < 4.78 is 2.45. The predicted octanol–water partition coefficient (Wildman–Crippen LogP) is 1.83. The van der Waals surface area contributed by atoms with Crippen molar-refractivity contribution >= 4 is 18.1 Å². The van der Waals surface area contributed by atoms with Crippen LogP contribution < -0.4 is 0 Å². The zero-order chi connectivity index (χ0) is 12.5. The maximum atomic E-state index is 12.2. The lowest BCUT2D eigenvalue weighted by Crippen LogP contribution is -2.38. The van der Waals surface area contributed by atoms with Gasteiger partial charge in [-0.15, -0.1) is 0 Å². The van der Waals surface area contributed by atoms with Gasteiger partial charge < -0.3 is 4.90 Å². The number of likely N-dealkylation sites (tertiary alicyclic amines) is 1. The summed E-state index contributed by atoms with van der Waals surface area (Å²) in [7, 11) is 0. The number of hydrogen-bond acceptors (Lipinski definition) is 3. The molecule has 0 radical (unpaired) electrons. The Kier molecular flexibility index (Phi) is 3.20. The number of nitrogens with one attached hydrogen (secondary N) is 1. The number of carbonyl (C=O) groups excluding carboxylic acids is 1. The van der Waals surface area contributed by atoms with Crippen LogP contribution in [0.3, 0.4) is 0 Å². The standard InChI is InChI=1S/C12H18N4OS/c17-10(15-6-2-1-3-7-15)8-16-11(9-4-5-9)13-14-12(16)18/h9H,1-8H2,(H,14,18). The normalized spacial score (nSPS) is 20.1. The molecule has 1 aliphatic heterocycles. The molecule has 3 rings (SSSR count). The molecule has 6 heteroatoms. The highest BCUT2D eigenvalue weighted by atomic mass is 32.1. The number of hydrogen-bond donors (Lipinski definition) is 1. The van der Waals surface area contributed by atoms with Crippen LogP contribution in [0.25, 0.3) is 0 Å². The van der Waals surface area contributed by atoms with Crippen molar-refractivity contribution in [1.82, 2.24) is 19.7 Å². The van der Waals surface area contributed by atoms with E-state index >= 15 is 0 Å². The molecule has 1 saturated heterocycles. The number of H-pyrrole nitrogens is 1. The number of aromatic nitrogens is 3. The summed E-state index contributed by atoms with van der Waals surface area (Å²) in [6.45, 7) is 2.13. The molecule has 1 saturated carbocycles. The first-order chi connectivity index (χ1) is 8.75. The lowest BCUT2D eigenvalue weighted by molar-refractivity contribution is -0.132. The maximum Gasteiger partial charge on any atom is 0.242 e. The molecule has 2 heterocycles. The zero-order valence-electron chi connectivity index (χ0n) is 10.4. The van der Waals surface area contributed by atoms with Crippen LogP contribution >= 0.6 is 12.2 Å². The topological polar surface area (TPSA) is 53.9 Å². The maximum absolute atomic E-state index is 12.2. The Morgan fingerprint density at radius 2 is 2.06 bits per heavy atom. The number of amides is 1. The van der Waals surface area contributed by atoms with Crippen molar-refractivity contribution in [3.8, 4) is 0 Å². The number of nitrogens with zero attached hydrogens (tertiary/aromatic N) is 3. The van der Waals surface area contributed by atoms with Crippen molar-refractivity contribution in [2.24, 2.45) is 0 Å². The van der Waals surface area contributed by atoms with E-state index in [0.29, 0.717) is 17.2 Å². The van der Waals surface area contributed by atoms with Crippen molar-refractivity contribution in [2.45, 2.75) is 44.6 Å². The van der Waals surface area contributed by atoms with Crippen molar-refractivity contribution in [2.75, 3.05) is 13.1 Å². The van der Waals surface area contributed by atoms with Crippen LogP contribution in [-0.4, -0.2) is 38.7 Å². The Hall–Kier alpha value is -1.17. The molecule has 98 valence electrons. The summed E-state index contributed by atoms with van der Waals surface area (Å²) in [4.78, 5) is 14.2. The van der Waals surface area contributed by atoms with Crippen LogP contribution in [0.4, 0.5) is 0 Å². The fraction of sp³-hybridized carbons (Fsp3) is 0.750. The van der Waals surface area contributed by atoms with E-state index in [1.165, 1.54) is 6.42 Å². The SMILES string of the molecule is O=C(Cn1c(C2CC2)n[nH]c1=S)N1CCCCC1. The lowest BCUT2D eigenvalue weighted by Gasteiger charge is -2.26. The predicted molar refractivity (Wildman–Crippen MR) is 69.8 cm³/mol. The molecule has 0 aromatic carbocycles. The highest BCUT2D eigenvalue weighted by molar-refractivity contribution is 7.71. The molecule has 0 atom stereocenters. The smallest absolute Gasteiger partial charge is 0.242 e. The van der Waals surface area contributed by atoms with Crippen LogP contribution in [0.15, 0.2) is 0 Å². The second-order valence-corrected chi connectivity index (χ2v) is 5.58. The van der Waals surface area contributed by atoms with Gasteiger partial charge in [0.15, 0.2) is 4.77 Å². The van der Waals surface area contributed by atoms with Gasteiger partial charge in [0.25, 0.3) is 0 Å². The Morgan fingerprint density at radius 1 is 1.33 bits per heavy atom.